The molecule has 0 radical (unpaired) electrons. The molecule has 4 aromatic rings. The van der Waals surface area contributed by atoms with E-state index in [4.69, 9.17) is 16.3 Å². The summed E-state index contributed by atoms with van der Waals surface area (Å²) in [4.78, 5) is 33.5. The largest absolute Gasteiger partial charge is 0.496 e. The van der Waals surface area contributed by atoms with E-state index in [1.165, 1.54) is 18.1 Å². The Hall–Kier alpha value is -4.11. The Morgan fingerprint density at radius 1 is 1.07 bits per heavy atom. The van der Waals surface area contributed by atoms with Crippen molar-refractivity contribution in [3.8, 4) is 22.6 Å². The minimum absolute atomic E-state index is 0.191. The highest BCUT2D eigenvalue weighted by molar-refractivity contribution is 6.34. The number of hydrogen-bond acceptors (Lipinski definition) is 5. The minimum Gasteiger partial charge on any atom is -0.496 e. The number of hydrogen-bond donors (Lipinski definition) is 1. The molecule has 0 unspecified atom stereocenters. The third kappa shape index (κ3) is 5.54. The molecule has 0 atom stereocenters. The van der Waals surface area contributed by atoms with Gasteiger partial charge in [0.1, 0.15) is 17.4 Å². The third-order valence-electron chi connectivity index (χ3n) is 7.96. The van der Waals surface area contributed by atoms with Gasteiger partial charge in [-0.1, -0.05) is 64.4 Å². The zero-order chi connectivity index (χ0) is 31.2. The Morgan fingerprint density at radius 2 is 1.74 bits per heavy atom. The quantitative estimate of drug-likeness (QED) is 0.261. The van der Waals surface area contributed by atoms with Gasteiger partial charge in [-0.15, -0.1) is 0 Å². The number of ether oxygens (including phenoxy) is 1. The number of amides is 1. The highest BCUT2D eigenvalue weighted by Gasteiger charge is 2.29. The first-order chi connectivity index (χ1) is 20.3. The summed E-state index contributed by atoms with van der Waals surface area (Å²) in [6.07, 6.45) is -0.987. The number of methoxy groups -OCH3 is 1. The van der Waals surface area contributed by atoms with Crippen molar-refractivity contribution in [2.45, 2.75) is 46.0 Å². The molecule has 0 bridgehead atoms. The number of benzene rings is 3. The number of anilines is 1. The summed E-state index contributed by atoms with van der Waals surface area (Å²) in [7, 11) is 1.47. The molecule has 1 saturated heterocycles. The van der Waals surface area contributed by atoms with Crippen LogP contribution in [0, 0.1) is 5.82 Å². The van der Waals surface area contributed by atoms with Gasteiger partial charge >= 0.3 is 11.8 Å². The van der Waals surface area contributed by atoms with Gasteiger partial charge in [-0.05, 0) is 52.8 Å². The predicted molar refractivity (Wildman–Crippen MR) is 169 cm³/mol. The molecule has 0 saturated carbocycles. The third-order valence-corrected chi connectivity index (χ3v) is 8.27. The molecule has 1 aliphatic heterocycles. The number of carbonyl (C=O) groups is 1. The van der Waals surface area contributed by atoms with Gasteiger partial charge in [-0.25, -0.2) is 14.0 Å². The lowest BCUT2D eigenvalue weighted by Gasteiger charge is -2.34. The maximum absolute atomic E-state index is 15.4. The second kappa shape index (κ2) is 11.5. The lowest BCUT2D eigenvalue weighted by Crippen LogP contribution is -2.49. The van der Waals surface area contributed by atoms with Crippen molar-refractivity contribution in [1.82, 2.24) is 14.5 Å². The molecular weight excluding hydrogens is 571 g/mol. The maximum atomic E-state index is 15.4. The Bertz CT molecular complexity index is 1770. The average Bonchev–Trinajstić information content (AvgIpc) is 2.96. The lowest BCUT2D eigenvalue weighted by molar-refractivity contribution is 0.142. The van der Waals surface area contributed by atoms with Gasteiger partial charge in [-0.3, -0.25) is 4.57 Å². The van der Waals surface area contributed by atoms with Crippen LogP contribution >= 0.6 is 11.6 Å². The van der Waals surface area contributed by atoms with Crippen molar-refractivity contribution in [1.29, 1.82) is 0 Å². The van der Waals surface area contributed by atoms with Crippen LogP contribution in [0.15, 0.2) is 53.3 Å². The Kier molecular flexibility index (Phi) is 8.13. The van der Waals surface area contributed by atoms with Crippen LogP contribution in [0.25, 0.3) is 27.7 Å². The van der Waals surface area contributed by atoms with Gasteiger partial charge in [0.05, 0.1) is 23.9 Å². The summed E-state index contributed by atoms with van der Waals surface area (Å²) in [6.45, 7) is 11.8. The molecule has 0 aliphatic carbocycles. The molecule has 1 fully saturated rings. The fourth-order valence-corrected chi connectivity index (χ4v) is 6.24. The van der Waals surface area contributed by atoms with Crippen LogP contribution in [0.5, 0.6) is 5.75 Å². The average molecular weight is 607 g/mol. The second-order valence-electron chi connectivity index (χ2n) is 12.1. The number of halogens is 2. The fraction of sp³-hybridized carbons (Fsp3) is 0.364. The smallest absolute Gasteiger partial charge is 0.407 e. The van der Waals surface area contributed by atoms with E-state index in [2.05, 4.69) is 45.7 Å². The molecule has 1 aromatic heterocycles. The van der Waals surface area contributed by atoms with Gasteiger partial charge in [-0.2, -0.15) is 4.98 Å². The van der Waals surface area contributed by atoms with Crippen molar-refractivity contribution < 1.29 is 19.0 Å². The van der Waals surface area contributed by atoms with Crippen LogP contribution in [0.3, 0.4) is 0 Å². The first-order valence-corrected chi connectivity index (χ1v) is 14.7. The molecule has 2 heterocycles. The molecule has 3 aromatic carbocycles. The number of fused-ring (bicyclic) bond motifs is 1. The Morgan fingerprint density at radius 3 is 2.35 bits per heavy atom. The SMILES string of the molecule is COc1cccc(F)c1-c1cc2c(cc1Cl)c(N1CCN(C(=O)O)CC1)nc(=O)n2-c1cccc(C(C)C)c1C(C)(C)C. The molecule has 10 heteroatoms. The fourth-order valence-electron chi connectivity index (χ4n) is 5.98. The van der Waals surface area contributed by atoms with Crippen molar-refractivity contribution in [2.75, 3.05) is 38.2 Å². The number of carboxylic acid groups (broad SMARTS) is 1. The summed E-state index contributed by atoms with van der Waals surface area (Å²) in [5.74, 6) is 0.409. The minimum atomic E-state index is -0.987. The number of aromatic nitrogens is 2. The zero-order valence-electron chi connectivity index (χ0n) is 25.2. The van der Waals surface area contributed by atoms with Crippen LogP contribution < -0.4 is 15.3 Å². The molecule has 0 spiro atoms. The molecular formula is C33H36ClFN4O4. The standard InChI is InChI=1S/C33H36ClFN4O4/c1-19(2)20-9-7-11-25(29(20)33(3,4)5)39-26-18-21(28-24(35)10-8-12-27(28)43-6)23(34)17-22(26)30(36-31(39)40)37-13-15-38(16-14-37)32(41)42/h7-12,17-19H,13-16H2,1-6H3,(H,41,42). The van der Waals surface area contributed by atoms with E-state index in [9.17, 15) is 14.7 Å². The Balaban J connectivity index is 1.87. The van der Waals surface area contributed by atoms with E-state index in [0.29, 0.717) is 46.8 Å². The molecule has 1 N–H and O–H groups in total. The molecule has 43 heavy (non-hydrogen) atoms. The predicted octanol–water partition coefficient (Wildman–Crippen LogP) is 7.07. The van der Waals surface area contributed by atoms with Crippen LogP contribution in [0.2, 0.25) is 5.02 Å². The van der Waals surface area contributed by atoms with E-state index in [-0.39, 0.29) is 35.0 Å². The van der Waals surface area contributed by atoms with Gasteiger partial charge < -0.3 is 19.6 Å². The van der Waals surface area contributed by atoms with Gasteiger partial charge in [0.15, 0.2) is 0 Å². The number of piperazine rings is 1. The molecule has 1 aliphatic rings. The van der Waals surface area contributed by atoms with E-state index in [0.717, 1.165) is 11.1 Å². The topological polar surface area (TPSA) is 87.9 Å². The van der Waals surface area contributed by atoms with Crippen LogP contribution in [-0.2, 0) is 5.41 Å². The van der Waals surface area contributed by atoms with E-state index < -0.39 is 17.6 Å². The molecule has 226 valence electrons. The van der Waals surface area contributed by atoms with Gasteiger partial charge in [0, 0.05) is 42.2 Å². The van der Waals surface area contributed by atoms with Crippen molar-refractivity contribution in [3.05, 3.63) is 81.0 Å². The van der Waals surface area contributed by atoms with E-state index in [1.54, 1.807) is 28.8 Å². The number of nitrogens with zero attached hydrogens (tertiary/aromatic N) is 4. The summed E-state index contributed by atoms with van der Waals surface area (Å²) in [5.41, 5.74) is 3.07. The molecule has 5 rings (SSSR count). The van der Waals surface area contributed by atoms with Crippen LogP contribution in [-0.4, -0.2) is 58.9 Å². The molecule has 8 nitrogen and oxygen atoms in total. The normalized spacial score (nSPS) is 14.1. The van der Waals surface area contributed by atoms with Crippen LogP contribution in [0.1, 0.15) is 51.7 Å². The number of rotatable bonds is 5. The second-order valence-corrected chi connectivity index (χ2v) is 12.5. The van der Waals surface area contributed by atoms with Gasteiger partial charge in [0.25, 0.3) is 0 Å². The molecule has 1 amide bonds. The Labute approximate surface area is 255 Å². The van der Waals surface area contributed by atoms with E-state index >= 15 is 4.39 Å². The highest BCUT2D eigenvalue weighted by Crippen LogP contribution is 2.42. The summed E-state index contributed by atoms with van der Waals surface area (Å²) in [5, 5.41) is 10.3. The van der Waals surface area contributed by atoms with E-state index in [1.807, 2.05) is 17.0 Å². The van der Waals surface area contributed by atoms with Crippen molar-refractivity contribution in [2.24, 2.45) is 0 Å². The lowest BCUT2D eigenvalue weighted by atomic mass is 9.79. The van der Waals surface area contributed by atoms with Crippen molar-refractivity contribution >= 4 is 34.4 Å². The van der Waals surface area contributed by atoms with Gasteiger partial charge in [0.2, 0.25) is 0 Å². The summed E-state index contributed by atoms with van der Waals surface area (Å²) < 4.78 is 22.4. The highest BCUT2D eigenvalue weighted by atomic mass is 35.5. The van der Waals surface area contributed by atoms with Crippen LogP contribution in [0.4, 0.5) is 15.0 Å². The first-order valence-electron chi connectivity index (χ1n) is 14.3. The zero-order valence-corrected chi connectivity index (χ0v) is 26.0. The summed E-state index contributed by atoms with van der Waals surface area (Å²) >= 11 is 6.88. The summed E-state index contributed by atoms with van der Waals surface area (Å²) in [6, 6.07) is 13.9. The monoisotopic (exact) mass is 606 g/mol. The maximum Gasteiger partial charge on any atom is 0.407 e. The first kappa shape index (κ1) is 30.4. The van der Waals surface area contributed by atoms with Crippen molar-refractivity contribution in [3.63, 3.8) is 0 Å².